The van der Waals surface area contributed by atoms with Gasteiger partial charge in [0.05, 0.1) is 24.3 Å². The number of amides is 1. The molecule has 3 aromatic rings. The molecule has 0 spiro atoms. The lowest BCUT2D eigenvalue weighted by atomic mass is 10.2. The molecular weight excluding hydrogens is 409 g/mol. The number of aromatic nitrogens is 2. The summed E-state index contributed by atoms with van der Waals surface area (Å²) in [4.78, 5) is 16.7. The normalized spacial score (nSPS) is 12.6. The molecule has 7 nitrogen and oxygen atoms in total. The number of aliphatic hydroxyl groups is 1. The number of ether oxygens (including phenoxy) is 2. The van der Waals surface area contributed by atoms with Crippen LogP contribution in [0.4, 0.5) is 10.1 Å². The highest BCUT2D eigenvalue weighted by Gasteiger charge is 2.15. The number of imidazole rings is 1. The second-order valence-electron chi connectivity index (χ2n) is 6.60. The SMILES string of the molecule is O=C(CSc1ncc(CO)n1Cc1ccc(F)cc1)Nc1ccc2c(c1)OCCO2. The van der Waals surface area contributed by atoms with Gasteiger partial charge in [0.1, 0.15) is 19.0 Å². The van der Waals surface area contributed by atoms with Gasteiger partial charge < -0.3 is 24.5 Å². The van der Waals surface area contributed by atoms with E-state index in [1.165, 1.54) is 23.9 Å². The first-order chi connectivity index (χ1) is 14.6. The Labute approximate surface area is 176 Å². The van der Waals surface area contributed by atoms with E-state index in [9.17, 15) is 14.3 Å². The van der Waals surface area contributed by atoms with Crippen LogP contribution in [-0.2, 0) is 17.9 Å². The third-order valence-electron chi connectivity index (χ3n) is 4.48. The van der Waals surface area contributed by atoms with Crippen molar-refractivity contribution in [3.63, 3.8) is 0 Å². The summed E-state index contributed by atoms with van der Waals surface area (Å²) in [6, 6.07) is 11.4. The van der Waals surface area contributed by atoms with Gasteiger partial charge in [-0.3, -0.25) is 4.79 Å². The predicted molar refractivity (Wildman–Crippen MR) is 110 cm³/mol. The lowest BCUT2D eigenvalue weighted by Crippen LogP contribution is -2.17. The summed E-state index contributed by atoms with van der Waals surface area (Å²) in [5.74, 6) is 0.901. The Morgan fingerprint density at radius 2 is 1.93 bits per heavy atom. The third kappa shape index (κ3) is 4.74. The minimum absolute atomic E-state index is 0.139. The number of nitrogens with zero attached hydrogens (tertiary/aromatic N) is 2. The molecule has 0 saturated heterocycles. The van der Waals surface area contributed by atoms with Crippen molar-refractivity contribution in [2.24, 2.45) is 0 Å². The summed E-state index contributed by atoms with van der Waals surface area (Å²) < 4.78 is 26.0. The van der Waals surface area contributed by atoms with E-state index < -0.39 is 0 Å². The molecule has 1 aliphatic heterocycles. The summed E-state index contributed by atoms with van der Waals surface area (Å²) in [5.41, 5.74) is 2.11. The van der Waals surface area contributed by atoms with Gasteiger partial charge in [0.2, 0.25) is 5.91 Å². The molecule has 0 atom stereocenters. The zero-order valence-electron chi connectivity index (χ0n) is 16.0. The highest BCUT2D eigenvalue weighted by molar-refractivity contribution is 7.99. The zero-order valence-corrected chi connectivity index (χ0v) is 16.8. The van der Waals surface area contributed by atoms with E-state index in [1.54, 1.807) is 36.5 Å². The van der Waals surface area contributed by atoms with Crippen LogP contribution in [0.15, 0.2) is 53.8 Å². The van der Waals surface area contributed by atoms with Crippen LogP contribution in [-0.4, -0.2) is 39.5 Å². The van der Waals surface area contributed by atoms with Crippen molar-refractivity contribution in [2.75, 3.05) is 24.3 Å². The average Bonchev–Trinajstić information content (AvgIpc) is 3.15. The van der Waals surface area contributed by atoms with Crippen molar-refractivity contribution in [2.45, 2.75) is 18.3 Å². The number of nitrogens with one attached hydrogen (secondary N) is 1. The Bertz CT molecular complexity index is 1040. The minimum atomic E-state index is -0.308. The van der Waals surface area contributed by atoms with Gasteiger partial charge in [-0.25, -0.2) is 9.37 Å². The third-order valence-corrected chi connectivity index (χ3v) is 5.47. The Morgan fingerprint density at radius 1 is 1.17 bits per heavy atom. The Morgan fingerprint density at radius 3 is 2.70 bits per heavy atom. The number of fused-ring (bicyclic) bond motifs is 1. The van der Waals surface area contributed by atoms with Gasteiger partial charge in [-0.1, -0.05) is 23.9 Å². The molecule has 4 rings (SSSR count). The molecule has 2 heterocycles. The molecule has 9 heteroatoms. The number of carbonyl (C=O) groups is 1. The molecule has 0 saturated carbocycles. The Hall–Kier alpha value is -3.04. The van der Waals surface area contributed by atoms with Gasteiger partial charge in [0.15, 0.2) is 16.7 Å². The number of hydrogen-bond donors (Lipinski definition) is 2. The van der Waals surface area contributed by atoms with Crippen LogP contribution in [0.25, 0.3) is 0 Å². The van der Waals surface area contributed by atoms with Crippen molar-refractivity contribution in [1.82, 2.24) is 9.55 Å². The topological polar surface area (TPSA) is 85.6 Å². The standard InChI is InChI=1S/C21H20FN3O4S/c22-15-3-1-14(2-4-15)11-25-17(12-26)10-23-21(25)30-13-20(27)24-16-5-6-18-19(9-16)29-8-7-28-18/h1-6,9-10,26H,7-8,11-13H2,(H,24,27). The number of hydrogen-bond acceptors (Lipinski definition) is 6. The van der Waals surface area contributed by atoms with Crippen molar-refractivity contribution < 1.29 is 23.8 Å². The molecule has 0 aliphatic carbocycles. The molecule has 0 fully saturated rings. The van der Waals surface area contributed by atoms with E-state index in [4.69, 9.17) is 9.47 Å². The molecule has 1 amide bonds. The van der Waals surface area contributed by atoms with Crippen LogP contribution in [0.1, 0.15) is 11.3 Å². The van der Waals surface area contributed by atoms with E-state index in [2.05, 4.69) is 10.3 Å². The second-order valence-corrected chi connectivity index (χ2v) is 7.54. The highest BCUT2D eigenvalue weighted by Crippen LogP contribution is 2.32. The van der Waals surface area contributed by atoms with E-state index in [0.29, 0.717) is 47.8 Å². The van der Waals surface area contributed by atoms with Crippen LogP contribution < -0.4 is 14.8 Å². The highest BCUT2D eigenvalue weighted by atomic mass is 32.2. The van der Waals surface area contributed by atoms with Gasteiger partial charge in [0.25, 0.3) is 0 Å². The molecule has 1 aromatic heterocycles. The van der Waals surface area contributed by atoms with Crippen LogP contribution in [0, 0.1) is 5.82 Å². The van der Waals surface area contributed by atoms with Gasteiger partial charge >= 0.3 is 0 Å². The van der Waals surface area contributed by atoms with Crippen LogP contribution in [0.3, 0.4) is 0 Å². The van der Waals surface area contributed by atoms with Crippen LogP contribution in [0.2, 0.25) is 0 Å². The molecule has 156 valence electrons. The average molecular weight is 429 g/mol. The van der Waals surface area contributed by atoms with Crippen molar-refractivity contribution in [1.29, 1.82) is 0 Å². The van der Waals surface area contributed by atoms with Gasteiger partial charge in [-0.2, -0.15) is 0 Å². The summed E-state index contributed by atoms with van der Waals surface area (Å²) in [6.07, 6.45) is 1.57. The quantitative estimate of drug-likeness (QED) is 0.562. The minimum Gasteiger partial charge on any atom is -0.486 e. The maximum Gasteiger partial charge on any atom is 0.234 e. The molecule has 2 aromatic carbocycles. The first kappa shape index (κ1) is 20.2. The van der Waals surface area contributed by atoms with Crippen molar-refractivity contribution >= 4 is 23.4 Å². The second kappa shape index (κ2) is 9.19. The first-order valence-corrected chi connectivity index (χ1v) is 10.3. The lowest BCUT2D eigenvalue weighted by molar-refractivity contribution is -0.113. The maximum absolute atomic E-state index is 13.1. The fraction of sp³-hybridized carbons (Fsp3) is 0.238. The zero-order chi connectivity index (χ0) is 20.9. The number of benzene rings is 2. The molecule has 0 bridgehead atoms. The summed E-state index contributed by atoms with van der Waals surface area (Å²) in [7, 11) is 0. The first-order valence-electron chi connectivity index (χ1n) is 9.34. The molecule has 0 radical (unpaired) electrons. The van der Waals surface area contributed by atoms with Crippen molar-refractivity contribution in [3.8, 4) is 11.5 Å². The fourth-order valence-electron chi connectivity index (χ4n) is 3.02. The molecule has 1 aliphatic rings. The number of anilines is 1. The molecule has 2 N–H and O–H groups in total. The monoisotopic (exact) mass is 429 g/mol. The predicted octanol–water partition coefficient (Wildman–Crippen LogP) is 3.06. The lowest BCUT2D eigenvalue weighted by Gasteiger charge is -2.19. The van der Waals surface area contributed by atoms with Crippen LogP contribution >= 0.6 is 11.8 Å². The molecular formula is C21H20FN3O4S. The number of rotatable bonds is 7. The van der Waals surface area contributed by atoms with E-state index in [0.717, 1.165) is 5.56 Å². The number of thioether (sulfide) groups is 1. The van der Waals surface area contributed by atoms with Gasteiger partial charge in [-0.05, 0) is 29.8 Å². The fourth-order valence-corrected chi connectivity index (χ4v) is 3.82. The van der Waals surface area contributed by atoms with Crippen molar-refractivity contribution in [3.05, 3.63) is 65.7 Å². The maximum atomic E-state index is 13.1. The van der Waals surface area contributed by atoms with E-state index >= 15 is 0 Å². The van der Waals surface area contributed by atoms with Crippen LogP contribution in [0.5, 0.6) is 11.5 Å². The van der Waals surface area contributed by atoms with Gasteiger partial charge in [-0.15, -0.1) is 0 Å². The molecule has 30 heavy (non-hydrogen) atoms. The largest absolute Gasteiger partial charge is 0.486 e. The van der Waals surface area contributed by atoms with Gasteiger partial charge in [0, 0.05) is 18.3 Å². The Kier molecular flexibility index (Phi) is 6.20. The van der Waals surface area contributed by atoms with E-state index in [1.807, 2.05) is 4.57 Å². The number of carbonyl (C=O) groups excluding carboxylic acids is 1. The Balaban J connectivity index is 1.40. The summed E-state index contributed by atoms with van der Waals surface area (Å²) in [5, 5.41) is 13.0. The smallest absolute Gasteiger partial charge is 0.234 e. The number of halogens is 1. The van der Waals surface area contributed by atoms with E-state index in [-0.39, 0.29) is 24.1 Å². The number of aliphatic hydroxyl groups excluding tert-OH is 1. The summed E-state index contributed by atoms with van der Waals surface area (Å²) in [6.45, 7) is 1.22. The summed E-state index contributed by atoms with van der Waals surface area (Å²) >= 11 is 1.26. The molecule has 0 unspecified atom stereocenters.